The SMILES string of the molecule is CN(C)CCN.NC1CCCCC1. The highest BCUT2D eigenvalue weighted by atomic mass is 15.1. The van der Waals surface area contributed by atoms with E-state index in [-0.39, 0.29) is 0 Å². The van der Waals surface area contributed by atoms with Crippen LogP contribution in [0.3, 0.4) is 0 Å². The normalized spacial score (nSPS) is 18.2. The van der Waals surface area contributed by atoms with Crippen molar-refractivity contribution in [1.29, 1.82) is 0 Å². The lowest BCUT2D eigenvalue weighted by atomic mass is 9.97. The largest absolute Gasteiger partial charge is 0.329 e. The zero-order valence-corrected chi connectivity index (χ0v) is 9.13. The maximum absolute atomic E-state index is 5.63. The van der Waals surface area contributed by atoms with Gasteiger partial charge in [0, 0.05) is 19.1 Å². The van der Waals surface area contributed by atoms with Crippen molar-refractivity contribution in [2.24, 2.45) is 11.5 Å². The Morgan fingerprint density at radius 3 is 1.85 bits per heavy atom. The summed E-state index contributed by atoms with van der Waals surface area (Å²) in [4.78, 5) is 2.06. The molecule has 1 aliphatic rings. The van der Waals surface area contributed by atoms with Gasteiger partial charge in [-0.05, 0) is 26.9 Å². The van der Waals surface area contributed by atoms with Crippen LogP contribution < -0.4 is 11.5 Å². The third kappa shape index (κ3) is 9.80. The molecule has 0 saturated heterocycles. The van der Waals surface area contributed by atoms with E-state index in [4.69, 9.17) is 11.5 Å². The fraction of sp³-hybridized carbons (Fsp3) is 1.00. The fourth-order valence-corrected chi connectivity index (χ4v) is 1.39. The smallest absolute Gasteiger partial charge is 0.00985 e. The fourth-order valence-electron chi connectivity index (χ4n) is 1.39. The minimum Gasteiger partial charge on any atom is -0.329 e. The topological polar surface area (TPSA) is 55.3 Å². The third-order valence-corrected chi connectivity index (χ3v) is 2.23. The van der Waals surface area contributed by atoms with Crippen LogP contribution in [-0.4, -0.2) is 38.1 Å². The zero-order valence-electron chi connectivity index (χ0n) is 9.13. The van der Waals surface area contributed by atoms with Crippen molar-refractivity contribution >= 4 is 0 Å². The van der Waals surface area contributed by atoms with E-state index in [0.29, 0.717) is 6.04 Å². The Hall–Kier alpha value is -0.120. The van der Waals surface area contributed by atoms with Crippen LogP contribution in [0.25, 0.3) is 0 Å². The summed E-state index contributed by atoms with van der Waals surface area (Å²) < 4.78 is 0. The Bertz CT molecular complexity index is 98.3. The molecule has 0 amide bonds. The Balaban J connectivity index is 0.000000226. The molecule has 1 fully saturated rings. The summed E-state index contributed by atoms with van der Waals surface area (Å²) in [7, 11) is 4.01. The molecule has 1 rings (SSSR count). The average molecular weight is 187 g/mol. The van der Waals surface area contributed by atoms with Gasteiger partial charge in [0.25, 0.3) is 0 Å². The number of hydrogen-bond acceptors (Lipinski definition) is 3. The van der Waals surface area contributed by atoms with E-state index in [1.54, 1.807) is 0 Å². The Morgan fingerprint density at radius 2 is 1.69 bits per heavy atom. The van der Waals surface area contributed by atoms with Crippen LogP contribution in [0.5, 0.6) is 0 Å². The van der Waals surface area contributed by atoms with Gasteiger partial charge >= 0.3 is 0 Å². The van der Waals surface area contributed by atoms with E-state index in [1.165, 1.54) is 32.1 Å². The second-order valence-corrected chi connectivity index (χ2v) is 3.99. The first-order chi connectivity index (χ1) is 6.16. The second kappa shape index (κ2) is 8.48. The minimum atomic E-state index is 0.536. The van der Waals surface area contributed by atoms with Crippen molar-refractivity contribution in [3.8, 4) is 0 Å². The molecule has 1 saturated carbocycles. The molecule has 13 heavy (non-hydrogen) atoms. The summed E-state index contributed by atoms with van der Waals surface area (Å²) in [5, 5.41) is 0. The summed E-state index contributed by atoms with van der Waals surface area (Å²) in [5.41, 5.74) is 10.8. The van der Waals surface area contributed by atoms with Gasteiger partial charge < -0.3 is 16.4 Å². The lowest BCUT2D eigenvalue weighted by Crippen LogP contribution is -2.22. The Kier molecular flexibility index (Phi) is 8.40. The molecule has 0 radical (unpaired) electrons. The second-order valence-electron chi connectivity index (χ2n) is 3.99. The maximum Gasteiger partial charge on any atom is 0.00985 e. The number of hydrogen-bond donors (Lipinski definition) is 2. The summed E-state index contributed by atoms with van der Waals surface area (Å²) in [6, 6.07) is 0.536. The van der Waals surface area contributed by atoms with E-state index < -0.39 is 0 Å². The lowest BCUT2D eigenvalue weighted by Gasteiger charge is -2.15. The highest BCUT2D eigenvalue weighted by Crippen LogP contribution is 2.14. The van der Waals surface area contributed by atoms with E-state index in [2.05, 4.69) is 4.90 Å². The van der Waals surface area contributed by atoms with Gasteiger partial charge in [-0.15, -0.1) is 0 Å². The lowest BCUT2D eigenvalue weighted by molar-refractivity contribution is 0.420. The monoisotopic (exact) mass is 187 g/mol. The molecular weight excluding hydrogens is 162 g/mol. The summed E-state index contributed by atoms with van der Waals surface area (Å²) >= 11 is 0. The first-order valence-electron chi connectivity index (χ1n) is 5.27. The molecule has 1 aliphatic carbocycles. The highest BCUT2D eigenvalue weighted by Gasteiger charge is 2.06. The van der Waals surface area contributed by atoms with Crippen molar-refractivity contribution in [2.75, 3.05) is 27.2 Å². The van der Waals surface area contributed by atoms with Crippen LogP contribution in [0, 0.1) is 0 Å². The number of likely N-dealkylation sites (N-methyl/N-ethyl adjacent to an activating group) is 1. The van der Waals surface area contributed by atoms with Crippen molar-refractivity contribution in [3.63, 3.8) is 0 Å². The maximum atomic E-state index is 5.63. The van der Waals surface area contributed by atoms with Crippen LogP contribution in [-0.2, 0) is 0 Å². The average Bonchev–Trinajstić information content (AvgIpc) is 2.06. The molecule has 0 spiro atoms. The van der Waals surface area contributed by atoms with Crippen LogP contribution in [0.2, 0.25) is 0 Å². The Morgan fingerprint density at radius 1 is 1.15 bits per heavy atom. The molecule has 0 heterocycles. The molecular formula is C10H25N3. The summed E-state index contributed by atoms with van der Waals surface area (Å²) in [6.45, 7) is 1.74. The van der Waals surface area contributed by atoms with Gasteiger partial charge in [-0.25, -0.2) is 0 Å². The number of nitrogens with zero attached hydrogens (tertiary/aromatic N) is 1. The van der Waals surface area contributed by atoms with Crippen LogP contribution >= 0.6 is 0 Å². The van der Waals surface area contributed by atoms with Crippen LogP contribution in [0.4, 0.5) is 0 Å². The van der Waals surface area contributed by atoms with Crippen LogP contribution in [0.15, 0.2) is 0 Å². The van der Waals surface area contributed by atoms with Crippen LogP contribution in [0.1, 0.15) is 32.1 Å². The predicted molar refractivity (Wildman–Crippen MR) is 58.7 cm³/mol. The summed E-state index contributed by atoms with van der Waals surface area (Å²) in [6.07, 6.45) is 6.66. The Labute approximate surface area is 82.5 Å². The molecule has 0 aromatic carbocycles. The van der Waals surface area contributed by atoms with E-state index in [9.17, 15) is 0 Å². The quantitative estimate of drug-likeness (QED) is 0.672. The zero-order chi connectivity index (χ0) is 10.1. The van der Waals surface area contributed by atoms with Gasteiger partial charge in [-0.3, -0.25) is 0 Å². The van der Waals surface area contributed by atoms with Crippen molar-refractivity contribution in [3.05, 3.63) is 0 Å². The minimum absolute atomic E-state index is 0.536. The molecule has 3 heteroatoms. The molecule has 0 aromatic rings. The standard InChI is InChI=1S/C6H13N.C4H12N2/c7-6-4-2-1-3-5-6;1-6(2)4-3-5/h6H,1-5,7H2;3-5H2,1-2H3. The predicted octanol–water partition coefficient (Wildman–Crippen LogP) is 0.785. The third-order valence-electron chi connectivity index (χ3n) is 2.23. The van der Waals surface area contributed by atoms with Crippen molar-refractivity contribution in [1.82, 2.24) is 4.90 Å². The van der Waals surface area contributed by atoms with E-state index in [1.807, 2.05) is 14.1 Å². The molecule has 0 unspecified atom stereocenters. The number of nitrogens with two attached hydrogens (primary N) is 2. The van der Waals surface area contributed by atoms with Gasteiger partial charge in [0.2, 0.25) is 0 Å². The number of rotatable bonds is 2. The molecule has 3 nitrogen and oxygen atoms in total. The van der Waals surface area contributed by atoms with Gasteiger partial charge in [0.15, 0.2) is 0 Å². The molecule has 0 atom stereocenters. The first-order valence-corrected chi connectivity index (χ1v) is 5.27. The molecule has 0 aliphatic heterocycles. The van der Waals surface area contributed by atoms with Gasteiger partial charge in [-0.1, -0.05) is 19.3 Å². The molecule has 80 valence electrons. The molecule has 4 N–H and O–H groups in total. The molecule has 0 bridgehead atoms. The van der Waals surface area contributed by atoms with Crippen molar-refractivity contribution < 1.29 is 0 Å². The van der Waals surface area contributed by atoms with E-state index in [0.717, 1.165) is 13.1 Å². The summed E-state index contributed by atoms with van der Waals surface area (Å²) in [5.74, 6) is 0. The van der Waals surface area contributed by atoms with E-state index >= 15 is 0 Å². The molecule has 0 aromatic heterocycles. The van der Waals surface area contributed by atoms with Gasteiger partial charge in [0.1, 0.15) is 0 Å². The van der Waals surface area contributed by atoms with Gasteiger partial charge in [-0.2, -0.15) is 0 Å². The van der Waals surface area contributed by atoms with Crippen molar-refractivity contribution in [2.45, 2.75) is 38.1 Å². The van der Waals surface area contributed by atoms with Gasteiger partial charge in [0.05, 0.1) is 0 Å². The highest BCUT2D eigenvalue weighted by molar-refractivity contribution is 4.66. The first kappa shape index (κ1) is 12.9.